The zero-order chi connectivity index (χ0) is 42.2. The lowest BCUT2D eigenvalue weighted by molar-refractivity contribution is 0.0370. The van der Waals surface area contributed by atoms with Crippen molar-refractivity contribution in [3.63, 3.8) is 0 Å². The first kappa shape index (κ1) is 41.7. The minimum absolute atomic E-state index is 0.329. The van der Waals surface area contributed by atoms with Crippen molar-refractivity contribution in [2.75, 3.05) is 95.4 Å². The highest BCUT2D eigenvalue weighted by Gasteiger charge is 2.34. The number of hydrogen-bond acceptors (Lipinski definition) is 12. The number of fused-ring (bicyclic) bond motifs is 4. The van der Waals surface area contributed by atoms with Gasteiger partial charge in [-0.2, -0.15) is 0 Å². The van der Waals surface area contributed by atoms with Crippen molar-refractivity contribution < 1.29 is 14.6 Å². The van der Waals surface area contributed by atoms with Gasteiger partial charge >= 0.3 is 0 Å². The van der Waals surface area contributed by atoms with Gasteiger partial charge in [0.05, 0.1) is 31.4 Å². The molecule has 318 valence electrons. The first-order chi connectivity index (χ1) is 29.7. The number of aliphatic hydroxyl groups excluding tert-OH is 1. The fourth-order valence-corrected chi connectivity index (χ4v) is 9.97. The van der Waals surface area contributed by atoms with E-state index in [1.54, 1.807) is 19.8 Å². The summed E-state index contributed by atoms with van der Waals surface area (Å²) in [6, 6.07) is 22.7. The number of morpholine rings is 1. The summed E-state index contributed by atoms with van der Waals surface area (Å²) in [4.78, 5) is 30.3. The van der Waals surface area contributed by atoms with Gasteiger partial charge in [-0.25, -0.2) is 19.9 Å². The molecule has 0 spiro atoms. The van der Waals surface area contributed by atoms with Crippen molar-refractivity contribution in [3.8, 4) is 5.75 Å². The number of rotatable bonds is 14. The first-order valence-electron chi connectivity index (χ1n) is 21.2. The highest BCUT2D eigenvalue weighted by molar-refractivity contribution is 9.10. The van der Waals surface area contributed by atoms with Crippen LogP contribution < -0.4 is 19.4 Å². The van der Waals surface area contributed by atoms with E-state index < -0.39 is 6.23 Å². The number of ether oxygens (including phenoxy) is 2. The van der Waals surface area contributed by atoms with Crippen molar-refractivity contribution in [2.45, 2.75) is 43.7 Å². The lowest BCUT2D eigenvalue weighted by Gasteiger charge is -2.28. The zero-order valence-electron chi connectivity index (χ0n) is 35.3. The normalized spacial score (nSPS) is 18.3. The average molecular weight is 907 g/mol. The molecule has 14 heteroatoms. The van der Waals surface area contributed by atoms with Crippen LogP contribution in [0.1, 0.15) is 60.4 Å². The predicted molar refractivity (Wildman–Crippen MR) is 248 cm³/mol. The Hall–Kier alpha value is -4.63. The number of halogens is 2. The molecule has 61 heavy (non-hydrogen) atoms. The number of methoxy groups -OCH3 is 1. The Morgan fingerprint density at radius 1 is 0.803 bits per heavy atom. The fraction of sp³-hybridized carbons (Fsp3) is 0.404. The number of aliphatic hydroxyl groups is 1. The molecule has 4 aromatic carbocycles. The van der Waals surface area contributed by atoms with Gasteiger partial charge in [-0.1, -0.05) is 39.7 Å². The number of aromatic nitrogens is 4. The highest BCUT2D eigenvalue weighted by Crippen LogP contribution is 2.48. The molecule has 0 aliphatic carbocycles. The van der Waals surface area contributed by atoms with Crippen molar-refractivity contribution >= 4 is 78.0 Å². The van der Waals surface area contributed by atoms with Crippen LogP contribution in [0.25, 0.3) is 21.8 Å². The minimum atomic E-state index is -1.07. The van der Waals surface area contributed by atoms with Crippen molar-refractivity contribution in [2.24, 2.45) is 0 Å². The standard InChI is InChI=1S/C47H53BrClN9O3/c1-54(2)15-5-7-30-27-58(43-22-33(49)10-13-36(30)43)46-38-24-39(44(60-4)25-41(38)51-29-53-46)47(59)55(3)34-11-14-40-37(23-34)45(52-28-50-40)57-26-31(35-12-9-32(48)21-42(35)57)8-6-16-56-17-19-61-20-18-56/h9-14,21-25,28-31,47,59H,5-8,15-20,26-27H2,1-4H3. The van der Waals surface area contributed by atoms with Crippen LogP contribution >= 0.6 is 27.5 Å². The Morgan fingerprint density at radius 2 is 1.46 bits per heavy atom. The summed E-state index contributed by atoms with van der Waals surface area (Å²) in [6.07, 6.45) is 6.51. The molecule has 12 nitrogen and oxygen atoms in total. The van der Waals surface area contributed by atoms with E-state index in [2.05, 4.69) is 89.9 Å². The summed E-state index contributed by atoms with van der Waals surface area (Å²) in [5.41, 5.74) is 7.79. The molecular formula is C47H53BrClN9O3. The maximum atomic E-state index is 12.3. The van der Waals surface area contributed by atoms with E-state index in [4.69, 9.17) is 31.0 Å². The summed E-state index contributed by atoms with van der Waals surface area (Å²) in [6.45, 7) is 7.34. The second kappa shape index (κ2) is 18.0. The molecule has 1 N–H and O–H groups in total. The van der Waals surface area contributed by atoms with Crippen LogP contribution in [0.4, 0.5) is 28.7 Å². The third kappa shape index (κ3) is 8.48. The summed E-state index contributed by atoms with van der Waals surface area (Å²) in [5.74, 6) is 2.85. The Labute approximate surface area is 371 Å². The Balaban J connectivity index is 1.02. The van der Waals surface area contributed by atoms with Gasteiger partial charge in [-0.15, -0.1) is 0 Å². The number of benzene rings is 4. The van der Waals surface area contributed by atoms with E-state index in [1.165, 1.54) is 11.1 Å². The topological polar surface area (TPSA) is 106 Å². The van der Waals surface area contributed by atoms with Gasteiger partial charge in [0.15, 0.2) is 6.23 Å². The molecule has 9 rings (SSSR count). The van der Waals surface area contributed by atoms with E-state index in [1.807, 2.05) is 48.3 Å². The lowest BCUT2D eigenvalue weighted by Crippen LogP contribution is -2.36. The number of hydrogen-bond donors (Lipinski definition) is 1. The molecule has 2 aromatic heterocycles. The summed E-state index contributed by atoms with van der Waals surface area (Å²) < 4.78 is 12.5. The monoisotopic (exact) mass is 905 g/mol. The maximum Gasteiger partial charge on any atom is 0.156 e. The van der Waals surface area contributed by atoms with Crippen LogP contribution in [0, 0.1) is 0 Å². The Bertz CT molecular complexity index is 2540. The summed E-state index contributed by atoms with van der Waals surface area (Å²) in [5, 5.41) is 14.7. The molecule has 0 radical (unpaired) electrons. The molecular weight excluding hydrogens is 854 g/mol. The van der Waals surface area contributed by atoms with Crippen LogP contribution in [0.3, 0.4) is 0 Å². The first-order valence-corrected chi connectivity index (χ1v) is 22.4. The Morgan fingerprint density at radius 3 is 2.16 bits per heavy atom. The average Bonchev–Trinajstić information content (AvgIpc) is 3.81. The Kier molecular flexibility index (Phi) is 12.3. The van der Waals surface area contributed by atoms with Crippen LogP contribution in [0.5, 0.6) is 5.75 Å². The van der Waals surface area contributed by atoms with Crippen LogP contribution in [0.2, 0.25) is 5.02 Å². The van der Waals surface area contributed by atoms with Gasteiger partial charge in [-0.05, 0) is 113 Å². The predicted octanol–water partition coefficient (Wildman–Crippen LogP) is 9.05. The molecule has 1 saturated heterocycles. The van der Waals surface area contributed by atoms with Gasteiger partial charge in [0.2, 0.25) is 0 Å². The van der Waals surface area contributed by atoms with E-state index in [-0.39, 0.29) is 0 Å². The number of nitrogens with zero attached hydrogens (tertiary/aromatic N) is 9. The van der Waals surface area contributed by atoms with Crippen LogP contribution in [0.15, 0.2) is 83.9 Å². The molecule has 3 aliphatic heterocycles. The molecule has 0 bridgehead atoms. The van der Waals surface area contributed by atoms with Gasteiger partial charge in [0.25, 0.3) is 0 Å². The lowest BCUT2D eigenvalue weighted by atomic mass is 9.96. The van der Waals surface area contributed by atoms with Crippen LogP contribution in [-0.4, -0.2) is 116 Å². The fourth-order valence-electron chi connectivity index (χ4n) is 9.46. The minimum Gasteiger partial charge on any atom is -0.496 e. The molecule has 3 atom stereocenters. The third-order valence-electron chi connectivity index (χ3n) is 12.7. The molecule has 3 unspecified atom stereocenters. The summed E-state index contributed by atoms with van der Waals surface area (Å²) in [7, 11) is 7.74. The van der Waals surface area contributed by atoms with Crippen LogP contribution in [-0.2, 0) is 4.74 Å². The molecule has 0 saturated carbocycles. The van der Waals surface area contributed by atoms with Gasteiger partial charge < -0.3 is 34.2 Å². The van der Waals surface area contributed by atoms with Gasteiger partial charge in [0, 0.05) is 94.0 Å². The molecule has 6 aromatic rings. The van der Waals surface area contributed by atoms with Gasteiger partial charge in [-0.3, -0.25) is 4.90 Å². The zero-order valence-corrected chi connectivity index (χ0v) is 37.6. The van der Waals surface area contributed by atoms with Crippen molar-refractivity contribution in [1.82, 2.24) is 29.7 Å². The second-order valence-corrected chi connectivity index (χ2v) is 18.1. The second-order valence-electron chi connectivity index (χ2n) is 16.8. The highest BCUT2D eigenvalue weighted by atomic mass is 79.9. The largest absolute Gasteiger partial charge is 0.496 e. The molecule has 1 fully saturated rings. The SMILES string of the molecule is COc1cc2ncnc(N3CC(CCCN(C)C)c4ccc(Cl)cc43)c2cc1C(O)N(C)c1ccc2ncnc(N3CC(CCCN4CCOCC4)c4ccc(Br)cc43)c2c1. The number of anilines is 5. The van der Waals surface area contributed by atoms with Crippen molar-refractivity contribution in [3.05, 3.63) is 106 Å². The van der Waals surface area contributed by atoms with Crippen molar-refractivity contribution in [1.29, 1.82) is 0 Å². The molecule has 5 heterocycles. The van der Waals surface area contributed by atoms with E-state index in [0.29, 0.717) is 28.2 Å². The van der Waals surface area contributed by atoms with Gasteiger partial charge in [0.1, 0.15) is 30.0 Å². The summed E-state index contributed by atoms with van der Waals surface area (Å²) >= 11 is 10.4. The van der Waals surface area contributed by atoms with E-state index in [0.717, 1.165) is 133 Å². The van der Waals surface area contributed by atoms with E-state index in [9.17, 15) is 5.11 Å². The maximum absolute atomic E-state index is 12.3. The molecule has 3 aliphatic rings. The van der Waals surface area contributed by atoms with E-state index >= 15 is 0 Å². The smallest absolute Gasteiger partial charge is 0.156 e. The quantitative estimate of drug-likeness (QED) is 0.106. The third-order valence-corrected chi connectivity index (χ3v) is 13.4. The molecule has 0 amide bonds.